The third kappa shape index (κ3) is 5.06. The Morgan fingerprint density at radius 3 is 2.44 bits per heavy atom. The summed E-state index contributed by atoms with van der Waals surface area (Å²) in [5.41, 5.74) is 2.43. The molecule has 1 amide bonds. The lowest BCUT2D eigenvalue weighted by Gasteiger charge is -2.36. The van der Waals surface area contributed by atoms with Crippen LogP contribution in [-0.2, 0) is 20.2 Å². The largest absolute Gasteiger partial charge is 0.476 e. The number of carbonyl (C=O) groups excluding carboxylic acids is 1. The second-order valence-corrected chi connectivity index (χ2v) is 13.7. The number of benzene rings is 3. The maximum absolute atomic E-state index is 13.8. The van der Waals surface area contributed by atoms with Crippen LogP contribution in [0.15, 0.2) is 76.4 Å². The van der Waals surface area contributed by atoms with Gasteiger partial charge in [0.1, 0.15) is 5.75 Å². The van der Waals surface area contributed by atoms with Crippen molar-refractivity contribution in [3.8, 4) is 5.75 Å². The lowest BCUT2D eigenvalue weighted by Crippen LogP contribution is -2.49. The standard InChI is InChI=1S/C29H31N3O5S2/c1-18(2)32-22-13-12-20(16-26(22)38-28(32)34)30-27(33)25-17-31(39(35,36)21-9-7-6-8-10-21)23-15-19(29(3,4)5)11-14-24(23)37-25/h6-16,18,25H,17H2,1-5H3,(H,30,33)/t25-/m0/s1. The predicted molar refractivity (Wildman–Crippen MR) is 156 cm³/mol. The van der Waals surface area contributed by atoms with Crippen molar-refractivity contribution in [1.82, 2.24) is 4.57 Å². The van der Waals surface area contributed by atoms with Crippen LogP contribution in [0.5, 0.6) is 5.75 Å². The predicted octanol–water partition coefficient (Wildman–Crippen LogP) is 5.54. The molecule has 1 N–H and O–H groups in total. The highest BCUT2D eigenvalue weighted by Gasteiger charge is 2.38. The van der Waals surface area contributed by atoms with Crippen LogP contribution < -0.4 is 19.2 Å². The second kappa shape index (κ2) is 9.84. The molecule has 0 aliphatic carbocycles. The van der Waals surface area contributed by atoms with Gasteiger partial charge in [0.05, 0.1) is 27.3 Å². The molecule has 8 nitrogen and oxygen atoms in total. The number of thiazole rings is 1. The topological polar surface area (TPSA) is 97.7 Å². The van der Waals surface area contributed by atoms with Gasteiger partial charge in [-0.3, -0.25) is 18.5 Å². The van der Waals surface area contributed by atoms with Gasteiger partial charge in [-0.2, -0.15) is 0 Å². The normalized spacial score (nSPS) is 15.7. The van der Waals surface area contributed by atoms with Gasteiger partial charge in [0, 0.05) is 11.7 Å². The summed E-state index contributed by atoms with van der Waals surface area (Å²) in [5.74, 6) is -0.166. The van der Waals surface area contributed by atoms with Crippen LogP contribution in [0.4, 0.5) is 11.4 Å². The zero-order valence-electron chi connectivity index (χ0n) is 22.5. The number of ether oxygens (including phenoxy) is 1. The van der Waals surface area contributed by atoms with Crippen LogP contribution in [0.3, 0.4) is 0 Å². The van der Waals surface area contributed by atoms with Crippen molar-refractivity contribution in [1.29, 1.82) is 0 Å². The van der Waals surface area contributed by atoms with Crippen LogP contribution in [0.25, 0.3) is 10.2 Å². The van der Waals surface area contributed by atoms with E-state index in [1.807, 2.05) is 46.8 Å². The first kappa shape index (κ1) is 27.0. The summed E-state index contributed by atoms with van der Waals surface area (Å²) < 4.78 is 37.4. The van der Waals surface area contributed by atoms with Crippen molar-refractivity contribution >= 4 is 48.9 Å². The summed E-state index contributed by atoms with van der Waals surface area (Å²) in [6.45, 7) is 9.85. The van der Waals surface area contributed by atoms with E-state index < -0.39 is 22.0 Å². The van der Waals surface area contributed by atoms with Gasteiger partial charge < -0.3 is 10.1 Å². The maximum atomic E-state index is 13.8. The van der Waals surface area contributed by atoms with Gasteiger partial charge in [0.15, 0.2) is 6.10 Å². The fourth-order valence-corrected chi connectivity index (χ4v) is 7.17. The molecule has 0 fully saturated rings. The zero-order chi connectivity index (χ0) is 28.1. The summed E-state index contributed by atoms with van der Waals surface area (Å²) in [6.07, 6.45) is -1.09. The number of rotatable bonds is 5. The zero-order valence-corrected chi connectivity index (χ0v) is 24.1. The Labute approximate surface area is 231 Å². The highest BCUT2D eigenvalue weighted by Crippen LogP contribution is 2.40. The molecule has 39 heavy (non-hydrogen) atoms. The quantitative estimate of drug-likeness (QED) is 0.343. The van der Waals surface area contributed by atoms with Crippen molar-refractivity contribution in [3.05, 3.63) is 82.0 Å². The third-order valence-corrected chi connectivity index (χ3v) is 9.43. The number of anilines is 2. The molecule has 3 aromatic carbocycles. The van der Waals surface area contributed by atoms with Gasteiger partial charge in [0.2, 0.25) is 0 Å². The number of sulfonamides is 1. The molecule has 4 aromatic rings. The van der Waals surface area contributed by atoms with E-state index in [4.69, 9.17) is 4.74 Å². The summed E-state index contributed by atoms with van der Waals surface area (Å²) >= 11 is 1.12. The summed E-state index contributed by atoms with van der Waals surface area (Å²) in [7, 11) is -3.98. The molecule has 10 heteroatoms. The minimum absolute atomic E-state index is 0.0127. The Bertz CT molecular complexity index is 1720. The lowest BCUT2D eigenvalue weighted by atomic mass is 9.86. The number of fused-ring (bicyclic) bond motifs is 2. The van der Waals surface area contributed by atoms with Gasteiger partial charge in [0.25, 0.3) is 15.9 Å². The summed E-state index contributed by atoms with van der Waals surface area (Å²) in [6, 6.07) is 18.9. The van der Waals surface area contributed by atoms with Crippen LogP contribution in [0.2, 0.25) is 0 Å². The molecule has 2 heterocycles. The van der Waals surface area contributed by atoms with Crippen molar-refractivity contribution in [2.24, 2.45) is 0 Å². The van der Waals surface area contributed by atoms with Crippen molar-refractivity contribution in [3.63, 3.8) is 0 Å². The third-order valence-electron chi connectivity index (χ3n) is 6.72. The average molecular weight is 566 g/mol. The van der Waals surface area contributed by atoms with Crippen molar-refractivity contribution in [2.45, 2.75) is 57.1 Å². The Kier molecular flexibility index (Phi) is 6.80. The van der Waals surface area contributed by atoms with Crippen molar-refractivity contribution in [2.75, 3.05) is 16.2 Å². The number of aromatic nitrogens is 1. The fourth-order valence-electron chi connectivity index (χ4n) is 4.63. The van der Waals surface area contributed by atoms with E-state index in [-0.39, 0.29) is 27.8 Å². The monoisotopic (exact) mass is 565 g/mol. The van der Waals surface area contributed by atoms with E-state index >= 15 is 0 Å². The molecule has 5 rings (SSSR count). The second-order valence-electron chi connectivity index (χ2n) is 10.9. The van der Waals surface area contributed by atoms with E-state index in [2.05, 4.69) is 5.32 Å². The Balaban J connectivity index is 1.49. The molecule has 0 saturated carbocycles. The first-order valence-electron chi connectivity index (χ1n) is 12.7. The Morgan fingerprint density at radius 1 is 1.05 bits per heavy atom. The molecule has 0 saturated heterocycles. The number of hydrogen-bond acceptors (Lipinski definition) is 6. The van der Waals surface area contributed by atoms with Crippen LogP contribution in [0, 0.1) is 0 Å². The maximum Gasteiger partial charge on any atom is 0.308 e. The molecule has 0 radical (unpaired) electrons. The number of hydrogen-bond donors (Lipinski definition) is 1. The SMILES string of the molecule is CC(C)n1c(=O)sc2cc(NC(=O)[C@@H]3CN(S(=O)(=O)c4ccccc4)c4cc(C(C)(C)C)ccc4O3)ccc21. The van der Waals surface area contributed by atoms with Crippen LogP contribution in [0.1, 0.15) is 46.2 Å². The molecule has 1 atom stereocenters. The number of nitrogens with one attached hydrogen (secondary N) is 1. The molecule has 1 aliphatic heterocycles. The van der Waals surface area contributed by atoms with Gasteiger partial charge in [-0.05, 0) is 67.3 Å². The molecule has 0 unspecified atom stereocenters. The van der Waals surface area contributed by atoms with Crippen molar-refractivity contribution < 1.29 is 17.9 Å². The molecule has 0 bridgehead atoms. The van der Waals surface area contributed by atoms with Gasteiger partial charge >= 0.3 is 4.87 Å². The number of amides is 1. The fraction of sp³-hybridized carbons (Fsp3) is 0.310. The Hall–Kier alpha value is -3.63. The van der Waals surface area contributed by atoms with Gasteiger partial charge in [-0.1, -0.05) is 56.4 Å². The molecular weight excluding hydrogens is 534 g/mol. The van der Waals surface area contributed by atoms with E-state index in [1.54, 1.807) is 47.0 Å². The van der Waals surface area contributed by atoms with E-state index in [0.717, 1.165) is 27.1 Å². The molecule has 204 valence electrons. The number of carbonyl (C=O) groups is 1. The van der Waals surface area contributed by atoms with Crippen LogP contribution >= 0.6 is 11.3 Å². The summed E-state index contributed by atoms with van der Waals surface area (Å²) in [5, 5.41) is 2.85. The van der Waals surface area contributed by atoms with E-state index in [9.17, 15) is 18.0 Å². The highest BCUT2D eigenvalue weighted by atomic mass is 32.2. The lowest BCUT2D eigenvalue weighted by molar-refractivity contribution is -0.122. The molecule has 1 aromatic heterocycles. The van der Waals surface area contributed by atoms with E-state index in [1.165, 1.54) is 16.4 Å². The van der Waals surface area contributed by atoms with Gasteiger partial charge in [-0.15, -0.1) is 0 Å². The minimum Gasteiger partial charge on any atom is -0.476 e. The first-order valence-corrected chi connectivity index (χ1v) is 15.0. The van der Waals surface area contributed by atoms with Crippen LogP contribution in [-0.4, -0.2) is 31.5 Å². The smallest absolute Gasteiger partial charge is 0.308 e. The Morgan fingerprint density at radius 2 is 1.77 bits per heavy atom. The van der Waals surface area contributed by atoms with E-state index in [0.29, 0.717) is 17.1 Å². The number of nitrogens with zero attached hydrogens (tertiary/aromatic N) is 2. The summed E-state index contributed by atoms with van der Waals surface area (Å²) in [4.78, 5) is 25.9. The average Bonchev–Trinajstić information content (AvgIpc) is 3.22. The highest BCUT2D eigenvalue weighted by molar-refractivity contribution is 7.92. The molecular formula is C29H31N3O5S2. The first-order chi connectivity index (χ1) is 18.4. The van der Waals surface area contributed by atoms with Gasteiger partial charge in [-0.25, -0.2) is 8.42 Å². The molecule has 0 spiro atoms. The molecule has 1 aliphatic rings. The minimum atomic E-state index is -3.98.